The lowest BCUT2D eigenvalue weighted by molar-refractivity contribution is 0.112. The Hall–Kier alpha value is -0.890. The Kier molecular flexibility index (Phi) is 2.32. The molecule has 1 aromatic heterocycles. The van der Waals surface area contributed by atoms with E-state index in [0.717, 1.165) is 24.2 Å². The van der Waals surface area contributed by atoms with E-state index in [-0.39, 0.29) is 0 Å². The molecule has 0 bridgehead atoms. The maximum absolute atomic E-state index is 10.6. The predicted octanol–water partition coefficient (Wildman–Crippen LogP) is 2.50. The lowest BCUT2D eigenvalue weighted by Gasteiger charge is -2.00. The third-order valence-electron chi connectivity index (χ3n) is 2.27. The molecule has 0 atom stereocenters. The van der Waals surface area contributed by atoms with E-state index < -0.39 is 0 Å². The molecule has 13 heavy (non-hydrogen) atoms. The summed E-state index contributed by atoms with van der Waals surface area (Å²) < 4.78 is 0. The average Bonchev–Trinajstić information content (AvgIpc) is 2.92. The SMILES string of the molecule is O=Cc1cc(CC2CC2)cnc1Cl. The molecule has 3 heteroatoms. The zero-order chi connectivity index (χ0) is 9.26. The zero-order valence-corrected chi connectivity index (χ0v) is 7.92. The molecule has 1 saturated carbocycles. The van der Waals surface area contributed by atoms with Gasteiger partial charge in [0.25, 0.3) is 0 Å². The van der Waals surface area contributed by atoms with Crippen molar-refractivity contribution in [2.24, 2.45) is 5.92 Å². The number of carbonyl (C=O) groups excluding carboxylic acids is 1. The van der Waals surface area contributed by atoms with E-state index in [2.05, 4.69) is 4.98 Å². The molecule has 0 aliphatic heterocycles. The van der Waals surface area contributed by atoms with Crippen LogP contribution in [0.5, 0.6) is 0 Å². The number of aldehydes is 1. The van der Waals surface area contributed by atoms with Gasteiger partial charge >= 0.3 is 0 Å². The van der Waals surface area contributed by atoms with Gasteiger partial charge in [0, 0.05) is 6.20 Å². The fourth-order valence-electron chi connectivity index (χ4n) is 1.36. The third kappa shape index (κ3) is 2.07. The van der Waals surface area contributed by atoms with Crippen LogP contribution in [0.25, 0.3) is 0 Å². The van der Waals surface area contributed by atoms with Crippen LogP contribution in [0.1, 0.15) is 28.8 Å². The van der Waals surface area contributed by atoms with Crippen molar-refractivity contribution in [2.75, 3.05) is 0 Å². The Morgan fingerprint density at radius 3 is 3.00 bits per heavy atom. The average molecular weight is 196 g/mol. The first kappa shape index (κ1) is 8.70. The van der Waals surface area contributed by atoms with Gasteiger partial charge in [0.15, 0.2) is 6.29 Å². The highest BCUT2D eigenvalue weighted by Crippen LogP contribution is 2.32. The summed E-state index contributed by atoms with van der Waals surface area (Å²) in [6.45, 7) is 0. The first-order chi connectivity index (χ1) is 6.29. The number of carbonyl (C=O) groups is 1. The van der Waals surface area contributed by atoms with Crippen LogP contribution in [0, 0.1) is 5.92 Å². The molecule has 1 aromatic rings. The summed E-state index contributed by atoms with van der Waals surface area (Å²) in [6, 6.07) is 1.83. The van der Waals surface area contributed by atoms with E-state index in [1.54, 1.807) is 6.20 Å². The fourth-order valence-corrected chi connectivity index (χ4v) is 1.51. The minimum Gasteiger partial charge on any atom is -0.298 e. The Bertz CT molecular complexity index is 334. The van der Waals surface area contributed by atoms with Gasteiger partial charge in [-0.2, -0.15) is 0 Å². The topological polar surface area (TPSA) is 30.0 Å². The molecule has 1 fully saturated rings. The van der Waals surface area contributed by atoms with E-state index in [4.69, 9.17) is 11.6 Å². The van der Waals surface area contributed by atoms with Crippen LogP contribution in [0.2, 0.25) is 5.15 Å². The van der Waals surface area contributed by atoms with Crippen molar-refractivity contribution in [1.29, 1.82) is 0 Å². The van der Waals surface area contributed by atoms with Crippen molar-refractivity contribution in [3.05, 3.63) is 28.5 Å². The predicted molar refractivity (Wildman–Crippen MR) is 51.1 cm³/mol. The van der Waals surface area contributed by atoms with Gasteiger partial charge in [-0.05, 0) is 36.8 Å². The van der Waals surface area contributed by atoms with Crippen LogP contribution >= 0.6 is 11.6 Å². The number of pyridine rings is 1. The maximum atomic E-state index is 10.6. The summed E-state index contributed by atoms with van der Waals surface area (Å²) >= 11 is 5.71. The lowest BCUT2D eigenvalue weighted by atomic mass is 10.1. The van der Waals surface area contributed by atoms with Crippen LogP contribution < -0.4 is 0 Å². The third-order valence-corrected chi connectivity index (χ3v) is 2.59. The van der Waals surface area contributed by atoms with E-state index in [1.807, 2.05) is 6.07 Å². The van der Waals surface area contributed by atoms with Crippen molar-refractivity contribution >= 4 is 17.9 Å². The zero-order valence-electron chi connectivity index (χ0n) is 7.16. The largest absolute Gasteiger partial charge is 0.298 e. The Morgan fingerprint density at radius 2 is 2.38 bits per heavy atom. The number of aromatic nitrogens is 1. The molecule has 68 valence electrons. The van der Waals surface area contributed by atoms with Gasteiger partial charge in [-0.15, -0.1) is 0 Å². The second-order valence-electron chi connectivity index (χ2n) is 3.49. The number of halogens is 1. The molecule has 1 aliphatic rings. The Balaban J connectivity index is 2.20. The highest BCUT2D eigenvalue weighted by Gasteiger charge is 2.21. The van der Waals surface area contributed by atoms with E-state index in [1.165, 1.54) is 12.8 Å². The molecule has 0 N–H and O–H groups in total. The van der Waals surface area contributed by atoms with E-state index >= 15 is 0 Å². The van der Waals surface area contributed by atoms with Crippen molar-refractivity contribution < 1.29 is 4.79 Å². The van der Waals surface area contributed by atoms with Crippen molar-refractivity contribution in [3.63, 3.8) is 0 Å². The minimum absolute atomic E-state index is 0.301. The van der Waals surface area contributed by atoms with Gasteiger partial charge in [-0.3, -0.25) is 4.79 Å². The second-order valence-corrected chi connectivity index (χ2v) is 3.85. The lowest BCUT2D eigenvalue weighted by Crippen LogP contribution is -1.93. The molecular formula is C10H10ClNO. The molecule has 0 spiro atoms. The van der Waals surface area contributed by atoms with Gasteiger partial charge in [-0.1, -0.05) is 11.6 Å². The first-order valence-electron chi connectivity index (χ1n) is 4.39. The summed E-state index contributed by atoms with van der Waals surface area (Å²) in [5.41, 5.74) is 1.62. The monoisotopic (exact) mass is 195 g/mol. The summed E-state index contributed by atoms with van der Waals surface area (Å²) in [6.07, 6.45) is 6.16. The molecule has 0 radical (unpaired) electrons. The smallest absolute Gasteiger partial charge is 0.153 e. The minimum atomic E-state index is 0.301. The number of hydrogen-bond acceptors (Lipinski definition) is 2. The molecule has 0 unspecified atom stereocenters. The fraction of sp³-hybridized carbons (Fsp3) is 0.400. The van der Waals surface area contributed by atoms with Gasteiger partial charge in [0.1, 0.15) is 5.15 Å². The number of rotatable bonds is 3. The van der Waals surface area contributed by atoms with Crippen molar-refractivity contribution in [3.8, 4) is 0 Å². The maximum Gasteiger partial charge on any atom is 0.153 e. The van der Waals surface area contributed by atoms with Gasteiger partial charge < -0.3 is 0 Å². The highest BCUT2D eigenvalue weighted by molar-refractivity contribution is 6.31. The van der Waals surface area contributed by atoms with Crippen LogP contribution in [-0.4, -0.2) is 11.3 Å². The normalized spacial score (nSPS) is 15.8. The molecular weight excluding hydrogens is 186 g/mol. The van der Waals surface area contributed by atoms with E-state index in [9.17, 15) is 4.79 Å². The van der Waals surface area contributed by atoms with Gasteiger partial charge in [-0.25, -0.2) is 4.98 Å². The van der Waals surface area contributed by atoms with Gasteiger partial charge in [0.05, 0.1) is 5.56 Å². The van der Waals surface area contributed by atoms with E-state index in [0.29, 0.717) is 10.7 Å². The van der Waals surface area contributed by atoms with Crippen LogP contribution in [-0.2, 0) is 6.42 Å². The molecule has 0 aromatic carbocycles. The molecule has 0 saturated heterocycles. The summed E-state index contributed by atoms with van der Waals surface area (Å²) in [7, 11) is 0. The summed E-state index contributed by atoms with van der Waals surface area (Å²) in [4.78, 5) is 14.5. The molecule has 1 aliphatic carbocycles. The van der Waals surface area contributed by atoms with Crippen LogP contribution in [0.15, 0.2) is 12.3 Å². The number of nitrogens with zero attached hydrogens (tertiary/aromatic N) is 1. The highest BCUT2D eigenvalue weighted by atomic mass is 35.5. The molecule has 0 amide bonds. The van der Waals surface area contributed by atoms with Crippen LogP contribution in [0.4, 0.5) is 0 Å². The standard InChI is InChI=1S/C10H10ClNO/c11-10-9(6-13)4-8(5-12-10)3-7-1-2-7/h4-7H,1-3H2. The Labute approximate surface area is 81.9 Å². The van der Waals surface area contributed by atoms with Crippen LogP contribution in [0.3, 0.4) is 0 Å². The van der Waals surface area contributed by atoms with Crippen molar-refractivity contribution in [1.82, 2.24) is 4.98 Å². The molecule has 2 rings (SSSR count). The number of hydrogen-bond donors (Lipinski definition) is 0. The second kappa shape index (κ2) is 3.46. The first-order valence-corrected chi connectivity index (χ1v) is 4.77. The molecule has 2 nitrogen and oxygen atoms in total. The molecule has 1 heterocycles. The quantitative estimate of drug-likeness (QED) is 0.548. The summed E-state index contributed by atoms with van der Waals surface area (Å²) in [5, 5.41) is 0.301. The summed E-state index contributed by atoms with van der Waals surface area (Å²) in [5.74, 6) is 0.808. The van der Waals surface area contributed by atoms with Crippen molar-refractivity contribution in [2.45, 2.75) is 19.3 Å². The van der Waals surface area contributed by atoms with Gasteiger partial charge in [0.2, 0.25) is 0 Å². The Morgan fingerprint density at radius 1 is 1.62 bits per heavy atom.